The van der Waals surface area contributed by atoms with Gasteiger partial charge < -0.3 is 9.47 Å². The van der Waals surface area contributed by atoms with Crippen molar-refractivity contribution in [2.45, 2.75) is 25.7 Å². The SMILES string of the molecule is COCCOCCCC1CCC(=O)NC1=O. The summed E-state index contributed by atoms with van der Waals surface area (Å²) in [6.07, 6.45) is 2.76. The number of carbonyl (C=O) groups excluding carboxylic acids is 2. The van der Waals surface area contributed by atoms with Gasteiger partial charge in [0.05, 0.1) is 13.2 Å². The minimum Gasteiger partial charge on any atom is -0.382 e. The lowest BCUT2D eigenvalue weighted by atomic mass is 9.94. The van der Waals surface area contributed by atoms with E-state index in [1.54, 1.807) is 7.11 Å². The second kappa shape index (κ2) is 7.35. The first-order valence-electron chi connectivity index (χ1n) is 5.64. The Kier molecular flexibility index (Phi) is 6.03. The fraction of sp³-hybridized carbons (Fsp3) is 0.818. The van der Waals surface area contributed by atoms with Crippen LogP contribution in [0.1, 0.15) is 25.7 Å². The van der Waals surface area contributed by atoms with E-state index in [4.69, 9.17) is 9.47 Å². The molecule has 92 valence electrons. The number of hydrogen-bond donors (Lipinski definition) is 1. The third kappa shape index (κ3) is 4.72. The third-order valence-electron chi connectivity index (χ3n) is 2.63. The first-order chi connectivity index (χ1) is 7.74. The number of hydrogen-bond acceptors (Lipinski definition) is 4. The Morgan fingerprint density at radius 2 is 2.12 bits per heavy atom. The molecule has 1 saturated heterocycles. The Morgan fingerprint density at radius 1 is 1.31 bits per heavy atom. The highest BCUT2D eigenvalue weighted by atomic mass is 16.5. The van der Waals surface area contributed by atoms with Gasteiger partial charge in [-0.2, -0.15) is 0 Å². The molecule has 0 saturated carbocycles. The van der Waals surface area contributed by atoms with Gasteiger partial charge in [0.25, 0.3) is 0 Å². The van der Waals surface area contributed by atoms with Gasteiger partial charge in [-0.25, -0.2) is 0 Å². The van der Waals surface area contributed by atoms with E-state index in [1.165, 1.54) is 0 Å². The monoisotopic (exact) mass is 229 g/mol. The van der Waals surface area contributed by atoms with Crippen LogP contribution in [0.25, 0.3) is 0 Å². The Hall–Kier alpha value is -0.940. The van der Waals surface area contributed by atoms with Crippen LogP contribution < -0.4 is 5.32 Å². The lowest BCUT2D eigenvalue weighted by molar-refractivity contribution is -0.136. The zero-order valence-corrected chi connectivity index (χ0v) is 9.66. The predicted octanol–water partition coefficient (Wildman–Crippen LogP) is 0.482. The summed E-state index contributed by atoms with van der Waals surface area (Å²) in [5.74, 6) is -0.311. The Bertz CT molecular complexity index is 242. The number of amides is 2. The predicted molar refractivity (Wildman–Crippen MR) is 57.8 cm³/mol. The maximum atomic E-state index is 11.4. The molecule has 1 fully saturated rings. The number of carbonyl (C=O) groups is 2. The lowest BCUT2D eigenvalue weighted by Gasteiger charge is -2.20. The van der Waals surface area contributed by atoms with Crippen molar-refractivity contribution in [1.29, 1.82) is 0 Å². The molecule has 0 aromatic carbocycles. The number of methoxy groups -OCH3 is 1. The van der Waals surface area contributed by atoms with Crippen LogP contribution in [-0.4, -0.2) is 38.7 Å². The average Bonchev–Trinajstić information content (AvgIpc) is 2.26. The molecule has 2 amide bonds. The van der Waals surface area contributed by atoms with Gasteiger partial charge in [0.2, 0.25) is 11.8 Å². The number of nitrogens with one attached hydrogen (secondary N) is 1. The average molecular weight is 229 g/mol. The summed E-state index contributed by atoms with van der Waals surface area (Å²) in [5.41, 5.74) is 0. The van der Waals surface area contributed by atoms with E-state index < -0.39 is 0 Å². The molecular weight excluding hydrogens is 210 g/mol. The summed E-state index contributed by atoms with van der Waals surface area (Å²) in [4.78, 5) is 22.3. The van der Waals surface area contributed by atoms with Crippen LogP contribution in [0.2, 0.25) is 0 Å². The van der Waals surface area contributed by atoms with Gasteiger partial charge in [0.15, 0.2) is 0 Å². The van der Waals surface area contributed by atoms with Crippen LogP contribution in [0.5, 0.6) is 0 Å². The van der Waals surface area contributed by atoms with E-state index in [0.29, 0.717) is 32.7 Å². The van der Waals surface area contributed by atoms with Crippen molar-refractivity contribution in [3.05, 3.63) is 0 Å². The van der Waals surface area contributed by atoms with Crippen LogP contribution >= 0.6 is 0 Å². The standard InChI is InChI=1S/C11H19NO4/c1-15-7-8-16-6-2-3-9-4-5-10(13)12-11(9)14/h9H,2-8H2,1H3,(H,12,13,14). The van der Waals surface area contributed by atoms with E-state index in [-0.39, 0.29) is 17.7 Å². The molecule has 1 heterocycles. The maximum absolute atomic E-state index is 11.4. The van der Waals surface area contributed by atoms with Crippen molar-refractivity contribution in [2.24, 2.45) is 5.92 Å². The lowest BCUT2D eigenvalue weighted by Crippen LogP contribution is -2.40. The molecule has 1 rings (SSSR count). The van der Waals surface area contributed by atoms with Crippen molar-refractivity contribution in [1.82, 2.24) is 5.32 Å². The van der Waals surface area contributed by atoms with Crippen LogP contribution in [0.15, 0.2) is 0 Å². The van der Waals surface area contributed by atoms with E-state index in [2.05, 4.69) is 5.32 Å². The van der Waals surface area contributed by atoms with Gasteiger partial charge in [-0.1, -0.05) is 0 Å². The molecule has 1 atom stereocenters. The molecule has 1 aliphatic rings. The number of rotatable bonds is 7. The minimum absolute atomic E-state index is 0.0243. The summed E-state index contributed by atoms with van der Waals surface area (Å²) in [6, 6.07) is 0. The summed E-state index contributed by atoms with van der Waals surface area (Å²) >= 11 is 0. The summed E-state index contributed by atoms with van der Waals surface area (Å²) in [7, 11) is 1.63. The number of imide groups is 1. The quantitative estimate of drug-likeness (QED) is 0.509. The van der Waals surface area contributed by atoms with Crippen LogP contribution in [0.4, 0.5) is 0 Å². The first-order valence-corrected chi connectivity index (χ1v) is 5.64. The van der Waals surface area contributed by atoms with Gasteiger partial charge in [-0.05, 0) is 19.3 Å². The molecule has 0 aromatic heterocycles. The highest BCUT2D eigenvalue weighted by Crippen LogP contribution is 2.17. The van der Waals surface area contributed by atoms with E-state index in [9.17, 15) is 9.59 Å². The molecule has 0 bridgehead atoms. The van der Waals surface area contributed by atoms with Crippen molar-refractivity contribution in [3.63, 3.8) is 0 Å². The fourth-order valence-electron chi connectivity index (χ4n) is 1.69. The second-order valence-electron chi connectivity index (χ2n) is 3.90. The molecule has 0 aliphatic carbocycles. The zero-order chi connectivity index (χ0) is 11.8. The van der Waals surface area contributed by atoms with Crippen LogP contribution in [0, 0.1) is 5.92 Å². The smallest absolute Gasteiger partial charge is 0.229 e. The van der Waals surface area contributed by atoms with Crippen molar-refractivity contribution < 1.29 is 19.1 Å². The molecule has 1 unspecified atom stereocenters. The number of piperidine rings is 1. The fourth-order valence-corrected chi connectivity index (χ4v) is 1.69. The van der Waals surface area contributed by atoms with E-state index >= 15 is 0 Å². The molecule has 1 N–H and O–H groups in total. The largest absolute Gasteiger partial charge is 0.382 e. The molecule has 0 radical (unpaired) electrons. The normalized spacial score (nSPS) is 20.9. The van der Waals surface area contributed by atoms with Crippen molar-refractivity contribution >= 4 is 11.8 Å². The molecule has 0 spiro atoms. The molecular formula is C11H19NO4. The van der Waals surface area contributed by atoms with Gasteiger partial charge in [0, 0.05) is 26.1 Å². The highest BCUT2D eigenvalue weighted by Gasteiger charge is 2.25. The van der Waals surface area contributed by atoms with Crippen molar-refractivity contribution in [2.75, 3.05) is 26.9 Å². The Morgan fingerprint density at radius 3 is 2.81 bits per heavy atom. The van der Waals surface area contributed by atoms with Gasteiger partial charge in [0.1, 0.15) is 0 Å². The van der Waals surface area contributed by atoms with Crippen LogP contribution in [-0.2, 0) is 19.1 Å². The summed E-state index contributed by atoms with van der Waals surface area (Å²) < 4.78 is 10.1. The molecule has 0 aromatic rings. The minimum atomic E-state index is -0.155. The van der Waals surface area contributed by atoms with Crippen LogP contribution in [0.3, 0.4) is 0 Å². The Labute approximate surface area is 95.5 Å². The Balaban J connectivity index is 2.04. The highest BCUT2D eigenvalue weighted by molar-refractivity contribution is 5.98. The molecule has 1 aliphatic heterocycles. The number of ether oxygens (including phenoxy) is 2. The van der Waals surface area contributed by atoms with E-state index in [1.807, 2.05) is 0 Å². The van der Waals surface area contributed by atoms with E-state index in [0.717, 1.165) is 12.8 Å². The topological polar surface area (TPSA) is 64.6 Å². The summed E-state index contributed by atoms with van der Waals surface area (Å²) in [5, 5.41) is 2.35. The summed E-state index contributed by atoms with van der Waals surface area (Å²) in [6.45, 7) is 1.82. The second-order valence-corrected chi connectivity index (χ2v) is 3.90. The maximum Gasteiger partial charge on any atom is 0.229 e. The zero-order valence-electron chi connectivity index (χ0n) is 9.66. The molecule has 16 heavy (non-hydrogen) atoms. The first kappa shape index (κ1) is 13.1. The molecule has 5 nitrogen and oxygen atoms in total. The van der Waals surface area contributed by atoms with Gasteiger partial charge in [-0.3, -0.25) is 14.9 Å². The third-order valence-corrected chi connectivity index (χ3v) is 2.63. The van der Waals surface area contributed by atoms with Crippen molar-refractivity contribution in [3.8, 4) is 0 Å². The molecule has 5 heteroatoms. The van der Waals surface area contributed by atoms with Gasteiger partial charge >= 0.3 is 0 Å². The van der Waals surface area contributed by atoms with Gasteiger partial charge in [-0.15, -0.1) is 0 Å².